The van der Waals surface area contributed by atoms with Crippen LogP contribution in [-0.4, -0.2) is 6.54 Å². The van der Waals surface area contributed by atoms with Crippen LogP contribution in [0.5, 0.6) is 0 Å². The Morgan fingerprint density at radius 2 is 2.27 bits per heavy atom. The van der Waals surface area contributed by atoms with Crippen LogP contribution in [0.4, 0.5) is 4.39 Å². The van der Waals surface area contributed by atoms with Crippen molar-refractivity contribution in [2.45, 2.75) is 13.5 Å². The maximum atomic E-state index is 13.2. The Hall–Kier alpha value is -1.84. The van der Waals surface area contributed by atoms with Crippen molar-refractivity contribution in [3.63, 3.8) is 0 Å². The fourth-order valence-electron chi connectivity index (χ4n) is 1.13. The van der Waals surface area contributed by atoms with Crippen molar-refractivity contribution in [1.29, 1.82) is 5.26 Å². The van der Waals surface area contributed by atoms with Crippen LogP contribution in [0.3, 0.4) is 0 Å². The molecule has 0 aromatic heterocycles. The van der Waals surface area contributed by atoms with Crippen LogP contribution in [0.2, 0.25) is 0 Å². The van der Waals surface area contributed by atoms with Gasteiger partial charge in [-0.25, -0.2) is 4.39 Å². The first-order chi connectivity index (χ1) is 7.27. The summed E-state index contributed by atoms with van der Waals surface area (Å²) in [5.41, 5.74) is 0.960. The molecule has 0 heterocycles. The molecule has 0 amide bonds. The molecule has 3 heteroatoms. The predicted octanol–water partition coefficient (Wildman–Crippen LogP) is 1.81. The van der Waals surface area contributed by atoms with Crippen molar-refractivity contribution in [2.75, 3.05) is 6.54 Å². The Morgan fingerprint density at radius 1 is 1.47 bits per heavy atom. The molecule has 15 heavy (non-hydrogen) atoms. The summed E-state index contributed by atoms with van der Waals surface area (Å²) >= 11 is 0. The number of nitrogens with zero attached hydrogens (tertiary/aromatic N) is 1. The van der Waals surface area contributed by atoms with Gasteiger partial charge in [0.25, 0.3) is 0 Å². The van der Waals surface area contributed by atoms with E-state index in [2.05, 4.69) is 17.2 Å². The van der Waals surface area contributed by atoms with Gasteiger partial charge in [0.05, 0.1) is 18.2 Å². The maximum Gasteiger partial charge on any atom is 0.127 e. The molecule has 0 fully saturated rings. The number of nitriles is 1. The first kappa shape index (κ1) is 11.2. The molecule has 0 bridgehead atoms. The van der Waals surface area contributed by atoms with Gasteiger partial charge >= 0.3 is 0 Å². The second-order valence-electron chi connectivity index (χ2n) is 2.95. The van der Waals surface area contributed by atoms with Gasteiger partial charge < -0.3 is 5.32 Å². The normalized spacial score (nSPS) is 8.87. The van der Waals surface area contributed by atoms with Crippen LogP contribution in [-0.2, 0) is 6.54 Å². The van der Waals surface area contributed by atoms with E-state index in [4.69, 9.17) is 5.26 Å². The average Bonchev–Trinajstić information content (AvgIpc) is 2.26. The van der Waals surface area contributed by atoms with E-state index >= 15 is 0 Å². The quantitative estimate of drug-likeness (QED) is 0.599. The highest BCUT2D eigenvalue weighted by atomic mass is 19.1. The number of benzene rings is 1. The highest BCUT2D eigenvalue weighted by molar-refractivity contribution is 5.33. The lowest BCUT2D eigenvalue weighted by molar-refractivity contribution is 0.597. The van der Waals surface area contributed by atoms with E-state index in [-0.39, 0.29) is 5.82 Å². The summed E-state index contributed by atoms with van der Waals surface area (Å²) in [6.45, 7) is 2.65. The highest BCUT2D eigenvalue weighted by Gasteiger charge is 2.02. The molecule has 0 aliphatic rings. The van der Waals surface area contributed by atoms with Crippen LogP contribution in [0.25, 0.3) is 0 Å². The molecule has 0 saturated carbocycles. The third-order valence-electron chi connectivity index (χ3n) is 1.88. The molecule has 0 aliphatic carbocycles. The summed E-state index contributed by atoms with van der Waals surface area (Å²) in [6.07, 6.45) is 0. The first-order valence-corrected chi connectivity index (χ1v) is 4.56. The summed E-state index contributed by atoms with van der Waals surface area (Å²) in [5.74, 6) is 5.25. The van der Waals surface area contributed by atoms with Crippen LogP contribution in [0.1, 0.15) is 18.1 Å². The van der Waals surface area contributed by atoms with Gasteiger partial charge in [-0.1, -0.05) is 5.92 Å². The third kappa shape index (κ3) is 3.42. The second-order valence-corrected chi connectivity index (χ2v) is 2.95. The standard InChI is InChI=1S/C12H11FN2/c1-2-3-6-15-9-11-7-10(8-14)4-5-12(11)13/h4-5,7,15H,6,9H2,1H3. The zero-order chi connectivity index (χ0) is 11.1. The van der Waals surface area contributed by atoms with Crippen LogP contribution >= 0.6 is 0 Å². The van der Waals surface area contributed by atoms with E-state index in [1.807, 2.05) is 6.07 Å². The molecule has 0 unspecified atom stereocenters. The summed E-state index contributed by atoms with van der Waals surface area (Å²) in [6, 6.07) is 6.29. The summed E-state index contributed by atoms with van der Waals surface area (Å²) in [7, 11) is 0. The van der Waals surface area contributed by atoms with E-state index in [1.54, 1.807) is 13.0 Å². The molecular formula is C12H11FN2. The van der Waals surface area contributed by atoms with Gasteiger partial charge in [-0.15, -0.1) is 5.92 Å². The molecule has 76 valence electrons. The Bertz CT molecular complexity index is 435. The maximum absolute atomic E-state index is 13.2. The SMILES string of the molecule is CC#CCNCc1cc(C#N)ccc1F. The topological polar surface area (TPSA) is 35.8 Å². The monoisotopic (exact) mass is 202 g/mol. The molecule has 1 N–H and O–H groups in total. The first-order valence-electron chi connectivity index (χ1n) is 4.56. The number of hydrogen-bond acceptors (Lipinski definition) is 2. The number of halogens is 1. The van der Waals surface area contributed by atoms with Crippen molar-refractivity contribution in [3.05, 3.63) is 35.1 Å². The molecule has 0 aliphatic heterocycles. The van der Waals surface area contributed by atoms with E-state index < -0.39 is 0 Å². The molecular weight excluding hydrogens is 191 g/mol. The molecule has 1 aromatic carbocycles. The predicted molar refractivity (Wildman–Crippen MR) is 56.3 cm³/mol. The Labute approximate surface area is 88.7 Å². The Kier molecular flexibility index (Phi) is 4.34. The average molecular weight is 202 g/mol. The van der Waals surface area contributed by atoms with Crippen LogP contribution in [0.15, 0.2) is 18.2 Å². The molecule has 0 radical (unpaired) electrons. The number of rotatable bonds is 3. The summed E-state index contributed by atoms with van der Waals surface area (Å²) in [4.78, 5) is 0. The minimum atomic E-state index is -0.300. The lowest BCUT2D eigenvalue weighted by Crippen LogP contribution is -2.14. The number of nitrogens with one attached hydrogen (secondary N) is 1. The molecule has 0 spiro atoms. The molecule has 0 atom stereocenters. The minimum Gasteiger partial charge on any atom is -0.302 e. The van der Waals surface area contributed by atoms with Gasteiger partial charge in [0.15, 0.2) is 0 Å². The second kappa shape index (κ2) is 5.80. The summed E-state index contributed by atoms with van der Waals surface area (Å²) < 4.78 is 13.2. The van der Waals surface area contributed by atoms with Crippen molar-refractivity contribution in [3.8, 4) is 17.9 Å². The molecule has 1 aromatic rings. The third-order valence-corrected chi connectivity index (χ3v) is 1.88. The largest absolute Gasteiger partial charge is 0.302 e. The van der Waals surface area contributed by atoms with E-state index in [0.29, 0.717) is 24.2 Å². The number of hydrogen-bond donors (Lipinski definition) is 1. The lowest BCUT2D eigenvalue weighted by Gasteiger charge is -2.03. The van der Waals surface area contributed by atoms with Gasteiger partial charge in [-0.2, -0.15) is 5.26 Å². The van der Waals surface area contributed by atoms with Crippen molar-refractivity contribution < 1.29 is 4.39 Å². The lowest BCUT2D eigenvalue weighted by atomic mass is 10.1. The molecule has 1 rings (SSSR count). The van der Waals surface area contributed by atoms with Gasteiger partial charge in [0.2, 0.25) is 0 Å². The van der Waals surface area contributed by atoms with Gasteiger partial charge in [0.1, 0.15) is 5.82 Å². The zero-order valence-electron chi connectivity index (χ0n) is 8.47. The smallest absolute Gasteiger partial charge is 0.127 e. The fourth-order valence-corrected chi connectivity index (χ4v) is 1.13. The minimum absolute atomic E-state index is 0.300. The van der Waals surface area contributed by atoms with Crippen molar-refractivity contribution in [1.82, 2.24) is 5.32 Å². The van der Waals surface area contributed by atoms with Gasteiger partial charge in [-0.3, -0.25) is 0 Å². The van der Waals surface area contributed by atoms with Crippen LogP contribution < -0.4 is 5.32 Å². The van der Waals surface area contributed by atoms with Crippen molar-refractivity contribution >= 4 is 0 Å². The Morgan fingerprint density at radius 3 is 2.93 bits per heavy atom. The molecule has 2 nitrogen and oxygen atoms in total. The van der Waals surface area contributed by atoms with E-state index in [1.165, 1.54) is 12.1 Å². The van der Waals surface area contributed by atoms with Gasteiger partial charge in [-0.05, 0) is 25.1 Å². The zero-order valence-corrected chi connectivity index (χ0v) is 8.47. The van der Waals surface area contributed by atoms with Crippen LogP contribution in [0, 0.1) is 29.0 Å². The Balaban J connectivity index is 2.66. The van der Waals surface area contributed by atoms with Gasteiger partial charge in [0, 0.05) is 12.1 Å². The highest BCUT2D eigenvalue weighted by Crippen LogP contribution is 2.09. The van der Waals surface area contributed by atoms with E-state index in [9.17, 15) is 4.39 Å². The fraction of sp³-hybridized carbons (Fsp3) is 0.250. The summed E-state index contributed by atoms with van der Waals surface area (Å²) in [5, 5.41) is 11.6. The molecule has 0 saturated heterocycles. The van der Waals surface area contributed by atoms with E-state index in [0.717, 1.165) is 0 Å². The van der Waals surface area contributed by atoms with Crippen molar-refractivity contribution in [2.24, 2.45) is 0 Å².